The summed E-state index contributed by atoms with van der Waals surface area (Å²) in [5, 5.41) is 5.53. The SMILES string of the molecule is Cn1cc(NC(=O)c2nccn2C)cc1C(=O)Nc1cc(C(=O)OCC[Si](C)(C)C)n(C)c1. The van der Waals surface area contributed by atoms with Gasteiger partial charge in [-0.15, -0.1) is 0 Å². The van der Waals surface area contributed by atoms with Crippen molar-refractivity contribution < 1.29 is 19.1 Å². The normalized spacial score (nSPS) is 11.3. The Morgan fingerprint density at radius 2 is 1.48 bits per heavy atom. The van der Waals surface area contributed by atoms with Crippen LogP contribution in [0.5, 0.6) is 0 Å². The topological polar surface area (TPSA) is 112 Å². The molecule has 0 saturated heterocycles. The molecule has 3 aromatic heterocycles. The second-order valence-corrected chi connectivity index (χ2v) is 14.8. The Morgan fingerprint density at radius 3 is 2.06 bits per heavy atom. The van der Waals surface area contributed by atoms with E-state index < -0.39 is 14.0 Å². The molecule has 0 spiro atoms. The zero-order valence-electron chi connectivity index (χ0n) is 19.8. The maximum absolute atomic E-state index is 12.8. The maximum atomic E-state index is 12.8. The van der Waals surface area contributed by atoms with Gasteiger partial charge in [-0.1, -0.05) is 19.6 Å². The van der Waals surface area contributed by atoms with E-state index in [0.29, 0.717) is 29.4 Å². The van der Waals surface area contributed by atoms with E-state index in [0.717, 1.165) is 6.04 Å². The highest BCUT2D eigenvalue weighted by atomic mass is 28.3. The minimum Gasteiger partial charge on any atom is -0.461 e. The van der Waals surface area contributed by atoms with E-state index in [1.807, 2.05) is 0 Å². The summed E-state index contributed by atoms with van der Waals surface area (Å²) in [6.07, 6.45) is 6.51. The summed E-state index contributed by atoms with van der Waals surface area (Å²) in [6, 6.07) is 4.05. The van der Waals surface area contributed by atoms with E-state index in [9.17, 15) is 14.4 Å². The number of hydrogen-bond donors (Lipinski definition) is 2. The molecule has 3 rings (SSSR count). The van der Waals surface area contributed by atoms with Crippen molar-refractivity contribution in [2.75, 3.05) is 17.2 Å². The minimum absolute atomic E-state index is 0.262. The molecule has 0 aliphatic heterocycles. The number of rotatable bonds is 8. The molecule has 176 valence electrons. The Bertz CT molecular complexity index is 1180. The summed E-state index contributed by atoms with van der Waals surface area (Å²) in [6.45, 7) is 7.04. The first-order chi connectivity index (χ1) is 15.4. The summed E-state index contributed by atoms with van der Waals surface area (Å²) in [5.41, 5.74) is 1.64. The van der Waals surface area contributed by atoms with Crippen LogP contribution in [0.25, 0.3) is 0 Å². The van der Waals surface area contributed by atoms with Crippen molar-refractivity contribution in [2.45, 2.75) is 25.7 Å². The highest BCUT2D eigenvalue weighted by Crippen LogP contribution is 2.19. The second-order valence-electron chi connectivity index (χ2n) is 9.17. The molecule has 2 amide bonds. The Morgan fingerprint density at radius 1 is 0.909 bits per heavy atom. The van der Waals surface area contributed by atoms with Crippen LogP contribution in [0.4, 0.5) is 11.4 Å². The minimum atomic E-state index is -1.30. The molecule has 0 saturated carbocycles. The van der Waals surface area contributed by atoms with Crippen LogP contribution >= 0.6 is 0 Å². The third-order valence-corrected chi connectivity index (χ3v) is 6.78. The number of imidazole rings is 1. The smallest absolute Gasteiger partial charge is 0.355 e. The molecule has 0 aliphatic carbocycles. The van der Waals surface area contributed by atoms with E-state index in [2.05, 4.69) is 35.3 Å². The van der Waals surface area contributed by atoms with Crippen molar-refractivity contribution >= 4 is 37.2 Å². The first kappa shape index (κ1) is 24.0. The highest BCUT2D eigenvalue weighted by Gasteiger charge is 2.19. The van der Waals surface area contributed by atoms with Gasteiger partial charge in [-0.25, -0.2) is 9.78 Å². The number of esters is 1. The number of ether oxygens (including phenoxy) is 1. The summed E-state index contributed by atoms with van der Waals surface area (Å²) in [7, 11) is 3.85. The molecule has 10 nitrogen and oxygen atoms in total. The average Bonchev–Trinajstić information content (AvgIpc) is 3.39. The van der Waals surface area contributed by atoms with Crippen molar-refractivity contribution in [1.82, 2.24) is 18.7 Å². The van der Waals surface area contributed by atoms with Crippen LogP contribution in [0.2, 0.25) is 25.7 Å². The lowest BCUT2D eigenvalue weighted by Gasteiger charge is -2.15. The molecule has 3 heterocycles. The number of hydrogen-bond acceptors (Lipinski definition) is 5. The van der Waals surface area contributed by atoms with Gasteiger partial charge in [-0.2, -0.15) is 0 Å². The predicted molar refractivity (Wildman–Crippen MR) is 128 cm³/mol. The fourth-order valence-electron chi connectivity index (χ4n) is 3.18. The molecule has 0 fully saturated rings. The number of aryl methyl sites for hydroxylation is 3. The van der Waals surface area contributed by atoms with Crippen LogP contribution in [-0.4, -0.2) is 51.1 Å². The molecule has 3 aromatic rings. The largest absolute Gasteiger partial charge is 0.461 e. The van der Waals surface area contributed by atoms with Crippen molar-refractivity contribution in [3.05, 3.63) is 54.1 Å². The van der Waals surface area contributed by atoms with Crippen LogP contribution in [-0.2, 0) is 25.9 Å². The van der Waals surface area contributed by atoms with Gasteiger partial charge < -0.3 is 29.1 Å². The quantitative estimate of drug-likeness (QED) is 0.388. The van der Waals surface area contributed by atoms with Gasteiger partial charge in [0.25, 0.3) is 11.8 Å². The van der Waals surface area contributed by atoms with Crippen LogP contribution < -0.4 is 10.6 Å². The van der Waals surface area contributed by atoms with Gasteiger partial charge in [0.15, 0.2) is 5.82 Å². The predicted octanol–water partition coefficient (Wildman–Crippen LogP) is 3.10. The molecule has 2 N–H and O–H groups in total. The number of nitrogens with one attached hydrogen (secondary N) is 2. The number of nitrogens with zero attached hydrogens (tertiary/aromatic N) is 4. The second kappa shape index (κ2) is 9.49. The molecule has 0 bridgehead atoms. The number of anilines is 2. The maximum Gasteiger partial charge on any atom is 0.355 e. The lowest BCUT2D eigenvalue weighted by atomic mass is 10.3. The molecular formula is C22H30N6O4Si. The van der Waals surface area contributed by atoms with E-state index in [1.165, 1.54) is 6.20 Å². The van der Waals surface area contributed by atoms with Gasteiger partial charge in [-0.05, 0) is 18.2 Å². The van der Waals surface area contributed by atoms with Gasteiger partial charge in [-0.3, -0.25) is 9.59 Å². The summed E-state index contributed by atoms with van der Waals surface area (Å²) >= 11 is 0. The molecule has 0 radical (unpaired) electrons. The Balaban J connectivity index is 1.65. The van der Waals surface area contributed by atoms with E-state index in [1.54, 1.807) is 65.6 Å². The van der Waals surface area contributed by atoms with Crippen molar-refractivity contribution in [3.8, 4) is 0 Å². The van der Waals surface area contributed by atoms with Crippen molar-refractivity contribution in [2.24, 2.45) is 21.1 Å². The highest BCUT2D eigenvalue weighted by molar-refractivity contribution is 6.76. The Kier molecular flexibility index (Phi) is 6.91. The zero-order valence-corrected chi connectivity index (χ0v) is 20.8. The fourth-order valence-corrected chi connectivity index (χ4v) is 3.90. The van der Waals surface area contributed by atoms with Crippen LogP contribution in [0, 0.1) is 0 Å². The number of carbonyl (C=O) groups excluding carboxylic acids is 3. The van der Waals surface area contributed by atoms with Gasteiger partial charge in [0.2, 0.25) is 0 Å². The molecule has 0 aliphatic rings. The fraction of sp³-hybridized carbons (Fsp3) is 0.364. The van der Waals surface area contributed by atoms with Gasteiger partial charge in [0, 0.05) is 54.0 Å². The summed E-state index contributed by atoms with van der Waals surface area (Å²) in [4.78, 5) is 41.6. The number of aromatic nitrogens is 4. The van der Waals surface area contributed by atoms with Gasteiger partial charge >= 0.3 is 5.97 Å². The molecule has 0 atom stereocenters. The lowest BCUT2D eigenvalue weighted by Crippen LogP contribution is -2.23. The Labute approximate surface area is 193 Å². The lowest BCUT2D eigenvalue weighted by molar-refractivity contribution is 0.0514. The standard InChI is InChI=1S/C22H30N6O4Si/c1-26-8-7-23-19(26)21(30)25-15-11-17(27(2)13-15)20(29)24-16-12-18(28(3)14-16)22(31)32-9-10-33(4,5)6/h7-8,11-14H,9-10H2,1-6H3,(H,24,29)(H,25,30). The van der Waals surface area contributed by atoms with Gasteiger partial charge in [0.05, 0.1) is 18.0 Å². The molecule has 11 heteroatoms. The van der Waals surface area contributed by atoms with Crippen molar-refractivity contribution in [1.29, 1.82) is 0 Å². The molecule has 0 unspecified atom stereocenters. The van der Waals surface area contributed by atoms with E-state index >= 15 is 0 Å². The Hall–Kier alpha value is -3.60. The monoisotopic (exact) mass is 470 g/mol. The molecular weight excluding hydrogens is 440 g/mol. The summed E-state index contributed by atoms with van der Waals surface area (Å²) in [5.74, 6) is -0.910. The first-order valence-electron chi connectivity index (χ1n) is 10.5. The first-order valence-corrected chi connectivity index (χ1v) is 14.3. The van der Waals surface area contributed by atoms with Crippen LogP contribution in [0.3, 0.4) is 0 Å². The number of amides is 2. The van der Waals surface area contributed by atoms with Crippen LogP contribution in [0.1, 0.15) is 31.6 Å². The van der Waals surface area contributed by atoms with Gasteiger partial charge in [0.1, 0.15) is 11.4 Å². The average molecular weight is 471 g/mol. The molecule has 0 aromatic carbocycles. The third-order valence-electron chi connectivity index (χ3n) is 5.08. The summed E-state index contributed by atoms with van der Waals surface area (Å²) < 4.78 is 10.2. The molecule has 33 heavy (non-hydrogen) atoms. The van der Waals surface area contributed by atoms with E-state index in [4.69, 9.17) is 4.74 Å². The van der Waals surface area contributed by atoms with Crippen LogP contribution in [0.15, 0.2) is 36.9 Å². The van der Waals surface area contributed by atoms with Crippen molar-refractivity contribution in [3.63, 3.8) is 0 Å². The van der Waals surface area contributed by atoms with E-state index in [-0.39, 0.29) is 17.6 Å². The third kappa shape index (κ3) is 6.01. The number of carbonyl (C=O) groups is 3. The zero-order chi connectivity index (χ0) is 24.3.